The van der Waals surface area contributed by atoms with Gasteiger partial charge in [-0.25, -0.2) is 4.79 Å². The number of hydrogen-bond acceptors (Lipinski definition) is 3. The van der Waals surface area contributed by atoms with Crippen LogP contribution in [-0.4, -0.2) is 48.7 Å². The van der Waals surface area contributed by atoms with E-state index >= 15 is 0 Å². The average Bonchev–Trinajstić information content (AvgIpc) is 2.72. The van der Waals surface area contributed by atoms with Crippen LogP contribution < -0.4 is 5.32 Å². The molecule has 1 N–H and O–H groups in total. The fourth-order valence-corrected chi connectivity index (χ4v) is 3.53. The van der Waals surface area contributed by atoms with Gasteiger partial charge in [-0.2, -0.15) is 0 Å². The molecule has 1 aliphatic rings. The number of aryl methyl sites for hydroxylation is 1. The lowest BCUT2D eigenvalue weighted by molar-refractivity contribution is 0.0341. The van der Waals surface area contributed by atoms with Crippen LogP contribution in [0.5, 0.6) is 0 Å². The molecule has 0 aromatic heterocycles. The van der Waals surface area contributed by atoms with Gasteiger partial charge in [-0.15, -0.1) is 0 Å². The van der Waals surface area contributed by atoms with Crippen LogP contribution in [0.3, 0.4) is 0 Å². The Morgan fingerprint density at radius 3 is 2.57 bits per heavy atom. The van der Waals surface area contributed by atoms with E-state index in [0.717, 1.165) is 38.4 Å². The zero-order chi connectivity index (χ0) is 19.8. The smallest absolute Gasteiger partial charge is 0.317 e. The summed E-state index contributed by atoms with van der Waals surface area (Å²) >= 11 is 0. The molecule has 5 heteroatoms. The Hall–Kier alpha value is -2.37. The number of morpholine rings is 1. The molecule has 0 aliphatic carbocycles. The number of carbonyl (C=O) groups is 1. The van der Waals surface area contributed by atoms with Gasteiger partial charge in [0.25, 0.3) is 0 Å². The van der Waals surface area contributed by atoms with Crippen LogP contribution in [0.15, 0.2) is 48.5 Å². The largest absolute Gasteiger partial charge is 0.379 e. The molecule has 0 radical (unpaired) electrons. The molecule has 0 bridgehead atoms. The minimum atomic E-state index is -0.0230. The summed E-state index contributed by atoms with van der Waals surface area (Å²) in [6.07, 6.45) is 0. The van der Waals surface area contributed by atoms with Gasteiger partial charge in [0.2, 0.25) is 0 Å². The first-order chi connectivity index (χ1) is 13.7. The van der Waals surface area contributed by atoms with Crippen molar-refractivity contribution < 1.29 is 9.53 Å². The van der Waals surface area contributed by atoms with E-state index in [0.29, 0.717) is 19.6 Å². The highest BCUT2D eigenvalue weighted by molar-refractivity contribution is 5.74. The zero-order valence-electron chi connectivity index (χ0n) is 17.0. The van der Waals surface area contributed by atoms with E-state index in [1.807, 2.05) is 24.0 Å². The number of hydrogen-bond donors (Lipinski definition) is 1. The highest BCUT2D eigenvalue weighted by Gasteiger charge is 2.15. The highest BCUT2D eigenvalue weighted by Crippen LogP contribution is 2.14. The topological polar surface area (TPSA) is 44.8 Å². The van der Waals surface area contributed by atoms with Gasteiger partial charge in [0.1, 0.15) is 0 Å². The second kappa shape index (κ2) is 10.2. The molecule has 2 aromatic carbocycles. The molecule has 150 valence electrons. The number of benzene rings is 2. The molecule has 1 heterocycles. The predicted molar refractivity (Wildman–Crippen MR) is 112 cm³/mol. The van der Waals surface area contributed by atoms with Crippen LogP contribution >= 0.6 is 0 Å². The Morgan fingerprint density at radius 2 is 1.86 bits per heavy atom. The van der Waals surface area contributed by atoms with Crippen molar-refractivity contribution in [3.8, 4) is 0 Å². The molecule has 1 fully saturated rings. The molecular weight excluding hydrogens is 350 g/mol. The predicted octanol–water partition coefficient (Wildman–Crippen LogP) is 3.56. The molecule has 1 aliphatic heterocycles. The minimum absolute atomic E-state index is 0.0230. The van der Waals surface area contributed by atoms with E-state index in [1.54, 1.807) is 0 Å². The van der Waals surface area contributed by atoms with Crippen molar-refractivity contribution in [2.75, 3.05) is 32.8 Å². The van der Waals surface area contributed by atoms with E-state index in [-0.39, 0.29) is 6.03 Å². The van der Waals surface area contributed by atoms with E-state index in [4.69, 9.17) is 4.74 Å². The van der Waals surface area contributed by atoms with Gasteiger partial charge >= 0.3 is 6.03 Å². The fraction of sp³-hybridized carbons (Fsp3) is 0.435. The summed E-state index contributed by atoms with van der Waals surface area (Å²) < 4.78 is 5.44. The maximum Gasteiger partial charge on any atom is 0.317 e. The monoisotopic (exact) mass is 381 g/mol. The summed E-state index contributed by atoms with van der Waals surface area (Å²) in [6, 6.07) is 16.7. The lowest BCUT2D eigenvalue weighted by Crippen LogP contribution is -2.39. The van der Waals surface area contributed by atoms with Crippen molar-refractivity contribution in [1.82, 2.24) is 15.1 Å². The minimum Gasteiger partial charge on any atom is -0.379 e. The summed E-state index contributed by atoms with van der Waals surface area (Å²) in [5.41, 5.74) is 4.82. The lowest BCUT2D eigenvalue weighted by atomic mass is 10.1. The number of nitrogens with zero attached hydrogens (tertiary/aromatic N) is 2. The van der Waals surface area contributed by atoms with E-state index < -0.39 is 0 Å². The van der Waals surface area contributed by atoms with Gasteiger partial charge in [0.15, 0.2) is 0 Å². The number of urea groups is 1. The van der Waals surface area contributed by atoms with Crippen molar-refractivity contribution in [1.29, 1.82) is 0 Å². The average molecular weight is 382 g/mol. The van der Waals surface area contributed by atoms with Gasteiger partial charge in [-0.05, 0) is 30.5 Å². The SMILES string of the molecule is CCN(Cc1cccc(C)c1)C(=O)NCc1ccccc1CN1CCOCC1. The quantitative estimate of drug-likeness (QED) is 0.798. The molecule has 0 spiro atoms. The Bertz CT molecular complexity index is 772. The van der Waals surface area contributed by atoms with Gasteiger partial charge < -0.3 is 15.0 Å². The van der Waals surface area contributed by atoms with Crippen LogP contribution in [0.25, 0.3) is 0 Å². The Balaban J connectivity index is 1.58. The van der Waals surface area contributed by atoms with Crippen molar-refractivity contribution in [2.45, 2.75) is 33.5 Å². The van der Waals surface area contributed by atoms with Crippen molar-refractivity contribution in [3.63, 3.8) is 0 Å². The number of amides is 2. The Kier molecular flexibility index (Phi) is 7.46. The summed E-state index contributed by atoms with van der Waals surface area (Å²) in [7, 11) is 0. The molecule has 3 rings (SSSR count). The number of rotatable bonds is 7. The van der Waals surface area contributed by atoms with Crippen LogP contribution in [0.4, 0.5) is 4.79 Å². The Morgan fingerprint density at radius 1 is 1.11 bits per heavy atom. The first-order valence-corrected chi connectivity index (χ1v) is 10.1. The van der Waals surface area contributed by atoms with Crippen LogP contribution in [-0.2, 0) is 24.4 Å². The number of ether oxygens (including phenoxy) is 1. The summed E-state index contributed by atoms with van der Waals surface area (Å²) in [4.78, 5) is 17.0. The van der Waals surface area contributed by atoms with Crippen LogP contribution in [0.1, 0.15) is 29.2 Å². The zero-order valence-corrected chi connectivity index (χ0v) is 17.0. The molecular formula is C23H31N3O2. The molecule has 0 atom stereocenters. The molecule has 5 nitrogen and oxygen atoms in total. The third kappa shape index (κ3) is 5.81. The molecule has 2 aromatic rings. The maximum atomic E-state index is 12.7. The third-order valence-electron chi connectivity index (χ3n) is 5.17. The number of nitrogens with one attached hydrogen (secondary N) is 1. The summed E-state index contributed by atoms with van der Waals surface area (Å²) in [6.45, 7) is 10.3. The molecule has 0 unspecified atom stereocenters. The molecule has 28 heavy (non-hydrogen) atoms. The first-order valence-electron chi connectivity index (χ1n) is 10.1. The standard InChI is InChI=1S/C23H31N3O2/c1-3-26(17-20-8-6-7-19(2)15-20)23(27)24-16-21-9-4-5-10-22(21)18-25-11-13-28-14-12-25/h4-10,15H,3,11-14,16-18H2,1-2H3,(H,24,27). The first kappa shape index (κ1) is 20.4. The molecule has 2 amide bonds. The van der Waals surface area contributed by atoms with Crippen LogP contribution in [0, 0.1) is 6.92 Å². The van der Waals surface area contributed by atoms with Crippen molar-refractivity contribution >= 4 is 6.03 Å². The van der Waals surface area contributed by atoms with Gasteiger partial charge in [-0.3, -0.25) is 4.90 Å². The maximum absolute atomic E-state index is 12.7. The fourth-order valence-electron chi connectivity index (χ4n) is 3.53. The summed E-state index contributed by atoms with van der Waals surface area (Å²) in [5, 5.41) is 3.11. The number of carbonyl (C=O) groups excluding carboxylic acids is 1. The second-order valence-corrected chi connectivity index (χ2v) is 7.32. The molecule has 0 saturated carbocycles. The normalized spacial score (nSPS) is 14.6. The van der Waals surface area contributed by atoms with Gasteiger partial charge in [0.05, 0.1) is 13.2 Å². The van der Waals surface area contributed by atoms with E-state index in [2.05, 4.69) is 53.5 Å². The summed E-state index contributed by atoms with van der Waals surface area (Å²) in [5.74, 6) is 0. The van der Waals surface area contributed by atoms with E-state index in [9.17, 15) is 4.79 Å². The highest BCUT2D eigenvalue weighted by atomic mass is 16.5. The second-order valence-electron chi connectivity index (χ2n) is 7.32. The Labute approximate surface area is 168 Å². The van der Waals surface area contributed by atoms with Crippen LogP contribution in [0.2, 0.25) is 0 Å². The van der Waals surface area contributed by atoms with Gasteiger partial charge in [-0.1, -0.05) is 54.1 Å². The van der Waals surface area contributed by atoms with Crippen molar-refractivity contribution in [3.05, 3.63) is 70.8 Å². The van der Waals surface area contributed by atoms with Crippen molar-refractivity contribution in [2.24, 2.45) is 0 Å². The third-order valence-corrected chi connectivity index (χ3v) is 5.17. The molecule has 1 saturated heterocycles. The lowest BCUT2D eigenvalue weighted by Gasteiger charge is -2.27. The van der Waals surface area contributed by atoms with E-state index in [1.165, 1.54) is 16.7 Å². The van der Waals surface area contributed by atoms with Gasteiger partial charge in [0, 0.05) is 39.3 Å².